The van der Waals surface area contributed by atoms with Crippen LogP contribution < -0.4 is 14.9 Å². The Hall–Kier alpha value is -4.11. The maximum atomic E-state index is 12.5. The molecule has 4 aromatic rings. The quantitative estimate of drug-likeness (QED) is 0.212. The second-order valence-corrected chi connectivity index (χ2v) is 8.48. The smallest absolute Gasteiger partial charge is 0.250 e. The summed E-state index contributed by atoms with van der Waals surface area (Å²) in [5.74, 6) is 1.83. The zero-order valence-electron chi connectivity index (χ0n) is 19.6. The van der Waals surface area contributed by atoms with Crippen LogP contribution in [0.15, 0.2) is 83.1 Å². The van der Waals surface area contributed by atoms with E-state index < -0.39 is 0 Å². The first-order valence-electron chi connectivity index (χ1n) is 10.8. The molecule has 1 aromatic heterocycles. The Morgan fingerprint density at radius 2 is 1.80 bits per heavy atom. The predicted molar refractivity (Wildman–Crippen MR) is 138 cm³/mol. The number of hydrazone groups is 1. The van der Waals surface area contributed by atoms with Gasteiger partial charge in [-0.2, -0.15) is 5.10 Å². The summed E-state index contributed by atoms with van der Waals surface area (Å²) in [7, 11) is 3.15. The van der Waals surface area contributed by atoms with Crippen LogP contribution in [0.3, 0.4) is 0 Å². The summed E-state index contributed by atoms with van der Waals surface area (Å²) in [4.78, 5) is 12.5. The summed E-state index contributed by atoms with van der Waals surface area (Å²) in [6.07, 6.45) is 1.53. The molecule has 0 radical (unpaired) electrons. The van der Waals surface area contributed by atoms with Gasteiger partial charge < -0.3 is 9.47 Å². The molecule has 0 aliphatic carbocycles. The number of hydrogen-bond acceptors (Lipinski definition) is 7. The molecule has 178 valence electrons. The monoisotopic (exact) mass is 487 g/mol. The molecular formula is C26H25N5O3S. The molecule has 0 bridgehead atoms. The number of aromatic nitrogens is 3. The molecular weight excluding hydrogens is 462 g/mol. The standard InChI is InChI=1S/C26H25N5O3S/c1-18-9-11-19(12-10-18)25-29-30-26(31(25)21-7-5-4-6-8-21)35-17-24(32)28-27-16-20-13-14-22(33-2)15-23(20)34-3/h4-16H,17H2,1-3H3,(H,28,32)/b27-16-. The number of amides is 1. The Morgan fingerprint density at radius 3 is 2.51 bits per heavy atom. The highest BCUT2D eigenvalue weighted by Gasteiger charge is 2.17. The van der Waals surface area contributed by atoms with Gasteiger partial charge in [-0.15, -0.1) is 10.2 Å². The number of ether oxygens (including phenoxy) is 2. The average Bonchev–Trinajstić information content (AvgIpc) is 3.32. The lowest BCUT2D eigenvalue weighted by Gasteiger charge is -2.10. The van der Waals surface area contributed by atoms with Crippen molar-refractivity contribution in [3.63, 3.8) is 0 Å². The Kier molecular flexibility index (Phi) is 7.79. The lowest BCUT2D eigenvalue weighted by Crippen LogP contribution is -2.20. The molecule has 0 aliphatic heterocycles. The Balaban J connectivity index is 1.47. The average molecular weight is 488 g/mol. The molecule has 0 spiro atoms. The van der Waals surface area contributed by atoms with Gasteiger partial charge in [0.15, 0.2) is 11.0 Å². The van der Waals surface area contributed by atoms with Gasteiger partial charge in [0, 0.05) is 22.9 Å². The number of hydrogen-bond donors (Lipinski definition) is 1. The zero-order valence-corrected chi connectivity index (χ0v) is 20.5. The fraction of sp³-hybridized carbons (Fsp3) is 0.154. The van der Waals surface area contributed by atoms with Crippen molar-refractivity contribution in [3.05, 3.63) is 83.9 Å². The number of nitrogens with one attached hydrogen (secondary N) is 1. The second-order valence-electron chi connectivity index (χ2n) is 7.53. The molecule has 0 aliphatic rings. The van der Waals surface area contributed by atoms with Gasteiger partial charge in [0.1, 0.15) is 11.5 Å². The van der Waals surface area contributed by atoms with Crippen LogP contribution in [0.1, 0.15) is 11.1 Å². The number of thioether (sulfide) groups is 1. The van der Waals surface area contributed by atoms with Crippen LogP contribution in [0.5, 0.6) is 11.5 Å². The highest BCUT2D eigenvalue weighted by molar-refractivity contribution is 7.99. The minimum absolute atomic E-state index is 0.121. The van der Waals surface area contributed by atoms with Crippen molar-refractivity contribution in [2.24, 2.45) is 5.10 Å². The van der Waals surface area contributed by atoms with E-state index in [-0.39, 0.29) is 11.7 Å². The zero-order chi connectivity index (χ0) is 24.6. The topological polar surface area (TPSA) is 90.6 Å². The molecule has 8 nitrogen and oxygen atoms in total. The highest BCUT2D eigenvalue weighted by Crippen LogP contribution is 2.28. The molecule has 0 unspecified atom stereocenters. The van der Waals surface area contributed by atoms with Crippen LogP contribution >= 0.6 is 11.8 Å². The summed E-state index contributed by atoms with van der Waals surface area (Å²) < 4.78 is 12.5. The number of rotatable bonds is 9. The first-order valence-corrected chi connectivity index (χ1v) is 11.8. The van der Waals surface area contributed by atoms with E-state index in [1.165, 1.54) is 23.5 Å². The molecule has 4 rings (SSSR count). The van der Waals surface area contributed by atoms with Gasteiger partial charge in [0.2, 0.25) is 0 Å². The largest absolute Gasteiger partial charge is 0.497 e. The van der Waals surface area contributed by atoms with Crippen LogP contribution in [0.2, 0.25) is 0 Å². The molecule has 35 heavy (non-hydrogen) atoms. The van der Waals surface area contributed by atoms with Gasteiger partial charge in [-0.1, -0.05) is 59.8 Å². The summed E-state index contributed by atoms with van der Waals surface area (Å²) in [5.41, 5.74) is 6.29. The number of para-hydroxylation sites is 1. The Bertz CT molecular complexity index is 1320. The predicted octanol–water partition coefficient (Wildman–Crippen LogP) is 4.50. The summed E-state index contributed by atoms with van der Waals surface area (Å²) >= 11 is 1.29. The van der Waals surface area contributed by atoms with Crippen molar-refractivity contribution < 1.29 is 14.3 Å². The highest BCUT2D eigenvalue weighted by atomic mass is 32.2. The fourth-order valence-electron chi connectivity index (χ4n) is 3.32. The SMILES string of the molecule is COc1ccc(/C=N\NC(=O)CSc2nnc(-c3ccc(C)cc3)n2-c2ccccc2)c(OC)c1. The normalized spacial score (nSPS) is 10.9. The molecule has 0 saturated heterocycles. The maximum Gasteiger partial charge on any atom is 0.250 e. The molecule has 1 amide bonds. The van der Waals surface area contributed by atoms with Crippen molar-refractivity contribution in [3.8, 4) is 28.6 Å². The van der Waals surface area contributed by atoms with Gasteiger partial charge in [-0.25, -0.2) is 5.43 Å². The van der Waals surface area contributed by atoms with Crippen molar-refractivity contribution in [2.45, 2.75) is 12.1 Å². The lowest BCUT2D eigenvalue weighted by atomic mass is 10.1. The molecule has 1 N–H and O–H groups in total. The van der Waals surface area contributed by atoms with E-state index in [2.05, 4.69) is 20.7 Å². The van der Waals surface area contributed by atoms with E-state index in [1.54, 1.807) is 32.4 Å². The van der Waals surface area contributed by atoms with E-state index >= 15 is 0 Å². The first kappa shape index (κ1) is 24.0. The van der Waals surface area contributed by atoms with Gasteiger partial charge in [-0.05, 0) is 31.2 Å². The van der Waals surface area contributed by atoms with E-state index in [1.807, 2.05) is 66.1 Å². The third-order valence-electron chi connectivity index (χ3n) is 5.12. The van der Waals surface area contributed by atoms with Gasteiger partial charge in [0.05, 0.1) is 26.2 Å². The third-order valence-corrected chi connectivity index (χ3v) is 6.05. The van der Waals surface area contributed by atoms with E-state index in [0.717, 1.165) is 11.3 Å². The minimum atomic E-state index is -0.266. The van der Waals surface area contributed by atoms with Crippen LogP contribution in [0.25, 0.3) is 17.1 Å². The van der Waals surface area contributed by atoms with Gasteiger partial charge >= 0.3 is 0 Å². The number of aryl methyl sites for hydroxylation is 1. The van der Waals surface area contributed by atoms with Crippen LogP contribution in [-0.4, -0.2) is 46.9 Å². The summed E-state index contributed by atoms with van der Waals surface area (Å²) in [6.45, 7) is 2.04. The number of methoxy groups -OCH3 is 2. The number of carbonyl (C=O) groups is 1. The van der Waals surface area contributed by atoms with E-state index in [0.29, 0.717) is 28.0 Å². The van der Waals surface area contributed by atoms with Crippen molar-refractivity contribution >= 4 is 23.9 Å². The molecule has 0 saturated carbocycles. The van der Waals surface area contributed by atoms with Crippen LogP contribution in [0.4, 0.5) is 0 Å². The molecule has 0 fully saturated rings. The van der Waals surface area contributed by atoms with Gasteiger partial charge in [-0.3, -0.25) is 9.36 Å². The summed E-state index contributed by atoms with van der Waals surface area (Å²) in [5, 5.41) is 13.4. The van der Waals surface area contributed by atoms with Crippen molar-refractivity contribution in [2.75, 3.05) is 20.0 Å². The van der Waals surface area contributed by atoms with E-state index in [9.17, 15) is 4.79 Å². The van der Waals surface area contributed by atoms with Crippen LogP contribution in [0, 0.1) is 6.92 Å². The van der Waals surface area contributed by atoms with E-state index in [4.69, 9.17) is 9.47 Å². The summed E-state index contributed by atoms with van der Waals surface area (Å²) in [6, 6.07) is 23.3. The van der Waals surface area contributed by atoms with Crippen molar-refractivity contribution in [1.82, 2.24) is 20.2 Å². The molecule has 9 heteroatoms. The van der Waals surface area contributed by atoms with Crippen LogP contribution in [-0.2, 0) is 4.79 Å². The van der Waals surface area contributed by atoms with Gasteiger partial charge in [0.25, 0.3) is 5.91 Å². The van der Waals surface area contributed by atoms with Crippen molar-refractivity contribution in [1.29, 1.82) is 0 Å². The fourth-order valence-corrected chi connectivity index (χ4v) is 4.07. The number of nitrogens with zero attached hydrogens (tertiary/aromatic N) is 4. The number of carbonyl (C=O) groups excluding carboxylic acids is 1. The maximum absolute atomic E-state index is 12.5. The molecule has 3 aromatic carbocycles. The molecule has 0 atom stereocenters. The number of benzene rings is 3. The third kappa shape index (κ3) is 5.88. The first-order chi connectivity index (χ1) is 17.1. The Morgan fingerprint density at radius 1 is 1.03 bits per heavy atom. The second kappa shape index (κ2) is 11.3. The lowest BCUT2D eigenvalue weighted by molar-refractivity contribution is -0.118. The Labute approximate surface area is 208 Å². The minimum Gasteiger partial charge on any atom is -0.497 e. The molecule has 1 heterocycles.